The van der Waals surface area contributed by atoms with Crippen molar-refractivity contribution in [3.8, 4) is 0 Å². The van der Waals surface area contributed by atoms with E-state index >= 15 is 0 Å². The molecular formula is C24H20ClN3O6S. The molecule has 3 aromatic carbocycles. The lowest BCUT2D eigenvalue weighted by Gasteiger charge is -2.20. The minimum absolute atomic E-state index is 0.0133. The summed E-state index contributed by atoms with van der Waals surface area (Å²) in [5.41, 5.74) is 0.243. The third kappa shape index (κ3) is 5.09. The zero-order valence-corrected chi connectivity index (χ0v) is 19.7. The van der Waals surface area contributed by atoms with Crippen LogP contribution in [0.4, 0.5) is 0 Å². The number of benzene rings is 3. The lowest BCUT2D eigenvalue weighted by atomic mass is 9.93. The van der Waals surface area contributed by atoms with Crippen LogP contribution in [-0.2, 0) is 21.2 Å². The highest BCUT2D eigenvalue weighted by molar-refractivity contribution is 7.91. The summed E-state index contributed by atoms with van der Waals surface area (Å²) in [6.45, 7) is -0.0757. The Morgan fingerprint density at radius 3 is 2.20 bits per heavy atom. The smallest absolute Gasteiger partial charge is 0.309 e. The quantitative estimate of drug-likeness (QED) is 0.366. The Kier molecular flexibility index (Phi) is 6.97. The summed E-state index contributed by atoms with van der Waals surface area (Å²) in [7, 11) is -3.81. The molecule has 9 nitrogen and oxygen atoms in total. The van der Waals surface area contributed by atoms with E-state index in [1.807, 2.05) is 0 Å². The number of aliphatic carboxylic acids is 1. The summed E-state index contributed by atoms with van der Waals surface area (Å²) in [6.07, 6.45) is -1.54. The Bertz CT molecular complexity index is 1540. The van der Waals surface area contributed by atoms with Crippen LogP contribution >= 0.6 is 11.6 Å². The third-order valence-corrected chi connectivity index (χ3v) is 7.67. The van der Waals surface area contributed by atoms with Gasteiger partial charge in [0, 0.05) is 11.6 Å². The van der Waals surface area contributed by atoms with Gasteiger partial charge in [-0.25, -0.2) is 13.1 Å². The highest BCUT2D eigenvalue weighted by Crippen LogP contribution is 2.28. The van der Waals surface area contributed by atoms with Gasteiger partial charge in [0.2, 0.25) is 9.84 Å². The number of aryl methyl sites for hydroxylation is 1. The maximum atomic E-state index is 12.8. The molecule has 0 amide bonds. The fourth-order valence-electron chi connectivity index (χ4n) is 3.67. The number of sulfone groups is 1. The number of aliphatic hydroxyl groups is 1. The van der Waals surface area contributed by atoms with Crippen molar-refractivity contribution in [2.24, 2.45) is 5.92 Å². The number of halogens is 1. The molecule has 2 N–H and O–H groups in total. The lowest BCUT2D eigenvalue weighted by Crippen LogP contribution is -2.29. The molecule has 0 aliphatic rings. The molecule has 1 heterocycles. The monoisotopic (exact) mass is 513 g/mol. The van der Waals surface area contributed by atoms with Crippen LogP contribution in [0, 0.1) is 5.92 Å². The maximum absolute atomic E-state index is 12.8. The number of carboxylic acid groups (broad SMARTS) is 1. The van der Waals surface area contributed by atoms with Crippen molar-refractivity contribution in [2.45, 2.75) is 28.9 Å². The Morgan fingerprint density at radius 1 is 0.971 bits per heavy atom. The van der Waals surface area contributed by atoms with Crippen LogP contribution < -0.4 is 5.56 Å². The van der Waals surface area contributed by atoms with Gasteiger partial charge in [0.1, 0.15) is 5.52 Å². The predicted molar refractivity (Wildman–Crippen MR) is 128 cm³/mol. The van der Waals surface area contributed by atoms with Gasteiger partial charge in [-0.1, -0.05) is 41.1 Å². The third-order valence-electron chi connectivity index (χ3n) is 5.64. The fourth-order valence-corrected chi connectivity index (χ4v) is 5.06. The second-order valence-corrected chi connectivity index (χ2v) is 10.2. The summed E-state index contributed by atoms with van der Waals surface area (Å²) in [5, 5.41) is 29.0. The van der Waals surface area contributed by atoms with Crippen molar-refractivity contribution in [2.75, 3.05) is 0 Å². The number of fused-ring (bicyclic) bond motifs is 1. The number of rotatable bonds is 8. The number of carbonyl (C=O) groups is 1. The van der Waals surface area contributed by atoms with Gasteiger partial charge >= 0.3 is 5.97 Å². The molecular weight excluding hydrogens is 494 g/mol. The van der Waals surface area contributed by atoms with E-state index in [4.69, 9.17) is 11.6 Å². The lowest BCUT2D eigenvalue weighted by molar-refractivity contribution is -0.146. The highest BCUT2D eigenvalue weighted by atomic mass is 35.5. The molecule has 35 heavy (non-hydrogen) atoms. The normalized spacial score (nSPS) is 13.4. The second-order valence-electron chi connectivity index (χ2n) is 7.84. The topological polar surface area (TPSA) is 139 Å². The summed E-state index contributed by atoms with van der Waals surface area (Å²) in [4.78, 5) is 24.5. The van der Waals surface area contributed by atoms with Gasteiger partial charge in [-0.2, -0.15) is 0 Å². The van der Waals surface area contributed by atoms with Crippen LogP contribution in [0.2, 0.25) is 5.02 Å². The molecule has 0 saturated heterocycles. The van der Waals surface area contributed by atoms with Crippen molar-refractivity contribution in [3.63, 3.8) is 0 Å². The van der Waals surface area contributed by atoms with E-state index < -0.39 is 33.4 Å². The Morgan fingerprint density at radius 2 is 1.57 bits per heavy atom. The Labute approximate surface area is 205 Å². The number of aliphatic hydroxyl groups excluding tert-OH is 1. The van der Waals surface area contributed by atoms with Crippen molar-refractivity contribution >= 4 is 38.3 Å². The number of carboxylic acids is 1. The van der Waals surface area contributed by atoms with Crippen LogP contribution in [0.15, 0.2) is 87.4 Å². The molecule has 0 aliphatic heterocycles. The largest absolute Gasteiger partial charge is 0.481 e. The summed E-state index contributed by atoms with van der Waals surface area (Å²) < 4.78 is 26.7. The molecule has 180 valence electrons. The van der Waals surface area contributed by atoms with Gasteiger partial charge in [-0.05, 0) is 60.5 Å². The van der Waals surface area contributed by atoms with E-state index in [0.717, 1.165) is 4.68 Å². The molecule has 2 atom stereocenters. The minimum atomic E-state index is -3.81. The standard InChI is InChI=1S/C24H20ClN3O6S/c25-16-7-11-18(12-8-16)35(33,34)17-9-5-15(6-10-17)22(29)20(24(31)32)13-14-28-23(30)19-3-1-2-4-21(19)26-27-28/h1-12,20,22,29H,13-14H2,(H,31,32)/t20-,22+/m0/s1. The molecule has 0 bridgehead atoms. The Balaban J connectivity index is 1.53. The van der Waals surface area contributed by atoms with Crippen LogP contribution in [0.3, 0.4) is 0 Å². The molecule has 0 spiro atoms. The molecule has 1 aromatic heterocycles. The second kappa shape index (κ2) is 9.95. The molecule has 0 aliphatic carbocycles. The number of aromatic nitrogens is 3. The average molecular weight is 514 g/mol. The fraction of sp³-hybridized carbons (Fsp3) is 0.167. The molecule has 0 unspecified atom stereocenters. The molecule has 0 saturated carbocycles. The van der Waals surface area contributed by atoms with Crippen molar-refractivity contribution < 1.29 is 23.4 Å². The summed E-state index contributed by atoms with van der Waals surface area (Å²) in [5.74, 6) is -2.54. The zero-order chi connectivity index (χ0) is 25.2. The van der Waals surface area contributed by atoms with E-state index in [2.05, 4.69) is 10.3 Å². The predicted octanol–water partition coefficient (Wildman–Crippen LogP) is 3.10. The summed E-state index contributed by atoms with van der Waals surface area (Å²) in [6, 6.07) is 17.7. The van der Waals surface area contributed by atoms with Crippen LogP contribution in [-0.4, -0.2) is 39.6 Å². The number of hydrogen-bond acceptors (Lipinski definition) is 7. The molecule has 4 aromatic rings. The van der Waals surface area contributed by atoms with E-state index in [-0.39, 0.29) is 28.3 Å². The summed E-state index contributed by atoms with van der Waals surface area (Å²) >= 11 is 5.82. The van der Waals surface area contributed by atoms with Gasteiger partial charge in [-0.3, -0.25) is 9.59 Å². The molecule has 11 heteroatoms. The molecule has 0 radical (unpaired) electrons. The molecule has 4 rings (SSSR count). The number of hydrogen-bond donors (Lipinski definition) is 2. The van der Waals surface area contributed by atoms with Crippen LogP contribution in [0.5, 0.6) is 0 Å². The van der Waals surface area contributed by atoms with Gasteiger partial charge in [-0.15, -0.1) is 5.10 Å². The highest BCUT2D eigenvalue weighted by Gasteiger charge is 2.28. The first-order valence-corrected chi connectivity index (χ1v) is 12.4. The van der Waals surface area contributed by atoms with Gasteiger partial charge in [0.25, 0.3) is 5.56 Å². The average Bonchev–Trinajstić information content (AvgIpc) is 2.85. The van der Waals surface area contributed by atoms with Gasteiger partial charge in [0.15, 0.2) is 0 Å². The first-order chi connectivity index (χ1) is 16.7. The molecule has 0 fully saturated rings. The van der Waals surface area contributed by atoms with Gasteiger partial charge < -0.3 is 10.2 Å². The first kappa shape index (κ1) is 24.5. The SMILES string of the molecule is O=C(O)[C@@H](CCn1nnc2ccccc2c1=O)[C@H](O)c1ccc(S(=O)(=O)c2ccc(Cl)cc2)cc1. The van der Waals surface area contributed by atoms with Crippen LogP contribution in [0.1, 0.15) is 18.1 Å². The Hall–Kier alpha value is -3.60. The first-order valence-electron chi connectivity index (χ1n) is 10.5. The van der Waals surface area contributed by atoms with E-state index in [1.165, 1.54) is 48.5 Å². The minimum Gasteiger partial charge on any atom is -0.481 e. The van der Waals surface area contributed by atoms with Crippen molar-refractivity contribution in [3.05, 3.63) is 93.7 Å². The van der Waals surface area contributed by atoms with Crippen molar-refractivity contribution in [1.29, 1.82) is 0 Å². The maximum Gasteiger partial charge on any atom is 0.309 e. The van der Waals surface area contributed by atoms with E-state index in [0.29, 0.717) is 15.9 Å². The van der Waals surface area contributed by atoms with E-state index in [9.17, 15) is 28.2 Å². The number of nitrogens with zero attached hydrogens (tertiary/aromatic N) is 3. The van der Waals surface area contributed by atoms with E-state index in [1.54, 1.807) is 24.3 Å². The zero-order valence-electron chi connectivity index (χ0n) is 18.2. The van der Waals surface area contributed by atoms with Crippen molar-refractivity contribution in [1.82, 2.24) is 15.0 Å². The van der Waals surface area contributed by atoms with Crippen LogP contribution in [0.25, 0.3) is 10.9 Å². The van der Waals surface area contributed by atoms with Gasteiger partial charge in [0.05, 0.1) is 27.2 Å².